The molecule has 0 amide bonds. The summed E-state index contributed by atoms with van der Waals surface area (Å²) in [6.07, 6.45) is 7.85. The molecule has 1 unspecified atom stereocenters. The Labute approximate surface area is 135 Å². The van der Waals surface area contributed by atoms with Gasteiger partial charge in [0.05, 0.1) is 4.34 Å². The lowest BCUT2D eigenvalue weighted by Gasteiger charge is -2.44. The molecule has 2 heterocycles. The van der Waals surface area contributed by atoms with E-state index in [0.717, 1.165) is 43.6 Å². The zero-order valence-corrected chi connectivity index (χ0v) is 14.3. The Morgan fingerprint density at radius 3 is 2.71 bits per heavy atom. The van der Waals surface area contributed by atoms with Gasteiger partial charge in [0, 0.05) is 11.6 Å². The van der Waals surface area contributed by atoms with Gasteiger partial charge in [0.1, 0.15) is 4.21 Å². The van der Waals surface area contributed by atoms with E-state index in [2.05, 4.69) is 10.0 Å². The summed E-state index contributed by atoms with van der Waals surface area (Å²) < 4.78 is 28.5. The lowest BCUT2D eigenvalue weighted by molar-refractivity contribution is 0.165. The van der Waals surface area contributed by atoms with Crippen LogP contribution in [0.25, 0.3) is 0 Å². The SMILES string of the molecule is O=S(=O)(NC1CCNC2(CCCCC2)C1)c1ccc(Cl)s1. The van der Waals surface area contributed by atoms with Crippen LogP contribution in [0.3, 0.4) is 0 Å². The summed E-state index contributed by atoms with van der Waals surface area (Å²) in [5.41, 5.74) is 0.150. The molecule has 3 rings (SSSR count). The zero-order chi connectivity index (χ0) is 14.9. The first-order chi connectivity index (χ1) is 9.99. The van der Waals surface area contributed by atoms with Crippen LogP contribution in [0.4, 0.5) is 0 Å². The maximum Gasteiger partial charge on any atom is 0.250 e. The van der Waals surface area contributed by atoms with Crippen molar-refractivity contribution in [2.75, 3.05) is 6.54 Å². The minimum atomic E-state index is -3.44. The van der Waals surface area contributed by atoms with E-state index in [0.29, 0.717) is 8.55 Å². The van der Waals surface area contributed by atoms with Crippen LogP contribution in [0.5, 0.6) is 0 Å². The predicted octanol–water partition coefficient (Wildman–Crippen LogP) is 3.13. The van der Waals surface area contributed by atoms with Gasteiger partial charge in [-0.1, -0.05) is 30.9 Å². The third-order valence-corrected chi connectivity index (χ3v) is 7.82. The molecule has 4 nitrogen and oxygen atoms in total. The van der Waals surface area contributed by atoms with E-state index in [1.165, 1.54) is 19.3 Å². The highest BCUT2D eigenvalue weighted by Gasteiger charge is 2.38. The van der Waals surface area contributed by atoms with E-state index < -0.39 is 10.0 Å². The van der Waals surface area contributed by atoms with Crippen molar-refractivity contribution < 1.29 is 8.42 Å². The minimum absolute atomic E-state index is 0.0234. The van der Waals surface area contributed by atoms with Crippen molar-refractivity contribution in [3.05, 3.63) is 16.5 Å². The normalized spacial score (nSPS) is 26.0. The van der Waals surface area contributed by atoms with Crippen LogP contribution >= 0.6 is 22.9 Å². The summed E-state index contributed by atoms with van der Waals surface area (Å²) in [5, 5.41) is 3.64. The average Bonchev–Trinajstić information content (AvgIpc) is 2.87. The van der Waals surface area contributed by atoms with Crippen LogP contribution < -0.4 is 10.0 Å². The fourth-order valence-electron chi connectivity index (χ4n) is 3.59. The average molecular weight is 349 g/mol. The molecule has 1 saturated heterocycles. The Balaban J connectivity index is 1.69. The van der Waals surface area contributed by atoms with Gasteiger partial charge in [-0.2, -0.15) is 0 Å². The van der Waals surface area contributed by atoms with Crippen LogP contribution in [0.15, 0.2) is 16.3 Å². The Bertz CT molecular complexity index is 588. The molecule has 2 fully saturated rings. The molecule has 0 radical (unpaired) electrons. The van der Waals surface area contributed by atoms with Gasteiger partial charge < -0.3 is 5.32 Å². The second kappa shape index (κ2) is 6.16. The summed E-state index contributed by atoms with van der Waals surface area (Å²) in [5.74, 6) is 0. The number of sulfonamides is 1. The molecule has 21 heavy (non-hydrogen) atoms. The summed E-state index contributed by atoms with van der Waals surface area (Å²) >= 11 is 6.95. The van der Waals surface area contributed by atoms with E-state index in [4.69, 9.17) is 11.6 Å². The van der Waals surface area contributed by atoms with Gasteiger partial charge >= 0.3 is 0 Å². The number of halogens is 1. The highest BCUT2D eigenvalue weighted by atomic mass is 35.5. The molecule has 2 N–H and O–H groups in total. The Kier molecular flexibility index (Phi) is 4.62. The first kappa shape index (κ1) is 15.7. The van der Waals surface area contributed by atoms with Crippen molar-refractivity contribution in [3.63, 3.8) is 0 Å². The molecule has 1 aromatic heterocycles. The summed E-state index contributed by atoms with van der Waals surface area (Å²) in [6.45, 7) is 0.887. The maximum absolute atomic E-state index is 12.4. The predicted molar refractivity (Wildman–Crippen MR) is 86.5 cm³/mol. The van der Waals surface area contributed by atoms with Crippen LogP contribution in [-0.2, 0) is 10.0 Å². The molecule has 0 aromatic carbocycles. The number of piperidine rings is 1. The maximum atomic E-state index is 12.4. The summed E-state index contributed by atoms with van der Waals surface area (Å²) in [6, 6.07) is 3.23. The Hall–Kier alpha value is -0.140. The first-order valence-electron chi connectivity index (χ1n) is 7.52. The number of rotatable bonds is 3. The van der Waals surface area contributed by atoms with Crippen molar-refractivity contribution in [2.45, 2.75) is 60.7 Å². The number of hydrogen-bond acceptors (Lipinski definition) is 4. The van der Waals surface area contributed by atoms with E-state index in [-0.39, 0.29) is 11.6 Å². The lowest BCUT2D eigenvalue weighted by atomic mass is 9.75. The standard InChI is InChI=1S/C14H21ClN2O2S2/c15-12-4-5-13(20-12)21(18,19)17-11-6-9-16-14(10-11)7-2-1-3-8-14/h4-5,11,16-17H,1-3,6-10H2. The van der Waals surface area contributed by atoms with Crippen molar-refractivity contribution in [3.8, 4) is 0 Å². The van der Waals surface area contributed by atoms with Crippen LogP contribution in [0, 0.1) is 0 Å². The molecule has 2 aliphatic rings. The molecule has 1 spiro atoms. The van der Waals surface area contributed by atoms with Gasteiger partial charge in [-0.25, -0.2) is 13.1 Å². The van der Waals surface area contributed by atoms with Crippen molar-refractivity contribution in [1.29, 1.82) is 0 Å². The molecular weight excluding hydrogens is 328 g/mol. The number of hydrogen-bond donors (Lipinski definition) is 2. The third-order valence-electron chi connectivity index (χ3n) is 4.58. The van der Waals surface area contributed by atoms with E-state index >= 15 is 0 Å². The Morgan fingerprint density at radius 2 is 2.05 bits per heavy atom. The van der Waals surface area contributed by atoms with Gasteiger partial charge in [0.2, 0.25) is 10.0 Å². The highest BCUT2D eigenvalue weighted by Crippen LogP contribution is 2.35. The fourth-order valence-corrected chi connectivity index (χ4v) is 6.36. The minimum Gasteiger partial charge on any atom is -0.311 e. The second-order valence-corrected chi connectivity index (χ2v) is 9.79. The van der Waals surface area contributed by atoms with E-state index in [9.17, 15) is 8.42 Å². The zero-order valence-electron chi connectivity index (χ0n) is 11.9. The molecular formula is C14H21ClN2O2S2. The fraction of sp³-hybridized carbons (Fsp3) is 0.714. The van der Waals surface area contributed by atoms with Gasteiger partial charge in [-0.15, -0.1) is 11.3 Å². The van der Waals surface area contributed by atoms with Gasteiger partial charge in [0.15, 0.2) is 0 Å². The molecule has 0 bridgehead atoms. The van der Waals surface area contributed by atoms with Crippen LogP contribution in [0.1, 0.15) is 44.9 Å². The molecule has 1 aliphatic heterocycles. The van der Waals surface area contributed by atoms with Gasteiger partial charge in [0.25, 0.3) is 0 Å². The largest absolute Gasteiger partial charge is 0.311 e. The van der Waals surface area contributed by atoms with Crippen molar-refractivity contribution in [1.82, 2.24) is 10.0 Å². The summed E-state index contributed by atoms with van der Waals surface area (Å²) in [4.78, 5) is 0. The molecule has 1 aliphatic carbocycles. The molecule has 1 aromatic rings. The summed E-state index contributed by atoms with van der Waals surface area (Å²) in [7, 11) is -3.44. The second-order valence-electron chi connectivity index (χ2n) is 6.14. The Morgan fingerprint density at radius 1 is 1.29 bits per heavy atom. The molecule has 118 valence electrons. The van der Waals surface area contributed by atoms with Crippen LogP contribution in [0.2, 0.25) is 4.34 Å². The number of nitrogens with one attached hydrogen (secondary N) is 2. The van der Waals surface area contributed by atoms with Crippen molar-refractivity contribution >= 4 is 33.0 Å². The number of thiophene rings is 1. The molecule has 7 heteroatoms. The van der Waals surface area contributed by atoms with E-state index in [1.54, 1.807) is 12.1 Å². The quantitative estimate of drug-likeness (QED) is 0.882. The highest BCUT2D eigenvalue weighted by molar-refractivity contribution is 7.91. The van der Waals surface area contributed by atoms with E-state index in [1.807, 2.05) is 0 Å². The third kappa shape index (κ3) is 3.62. The van der Waals surface area contributed by atoms with Crippen molar-refractivity contribution in [2.24, 2.45) is 0 Å². The lowest BCUT2D eigenvalue weighted by Crippen LogP contribution is -2.56. The smallest absolute Gasteiger partial charge is 0.250 e. The van der Waals surface area contributed by atoms with Gasteiger partial charge in [-0.3, -0.25) is 0 Å². The monoisotopic (exact) mass is 348 g/mol. The molecule has 1 saturated carbocycles. The van der Waals surface area contributed by atoms with Crippen LogP contribution in [-0.4, -0.2) is 26.5 Å². The molecule has 1 atom stereocenters. The van der Waals surface area contributed by atoms with Gasteiger partial charge in [-0.05, 0) is 44.4 Å². The first-order valence-corrected chi connectivity index (χ1v) is 10.2. The topological polar surface area (TPSA) is 58.2 Å².